The quantitative estimate of drug-likeness (QED) is 0.254. The summed E-state index contributed by atoms with van der Waals surface area (Å²) in [5.41, 5.74) is 2.95. The second kappa shape index (κ2) is 10.4. The van der Waals surface area contributed by atoms with E-state index in [0.29, 0.717) is 40.4 Å². The molecule has 10 nitrogen and oxygen atoms in total. The Morgan fingerprint density at radius 3 is 2.47 bits per heavy atom. The van der Waals surface area contributed by atoms with Gasteiger partial charge in [0, 0.05) is 34.8 Å². The summed E-state index contributed by atoms with van der Waals surface area (Å²) in [5, 5.41) is 23.1. The Hall–Kier alpha value is -4.57. The minimum Gasteiger partial charge on any atom is -0.457 e. The van der Waals surface area contributed by atoms with E-state index in [1.54, 1.807) is 30.3 Å². The Balaban J connectivity index is 1.64. The van der Waals surface area contributed by atoms with Crippen molar-refractivity contribution in [3.8, 4) is 17.2 Å². The van der Waals surface area contributed by atoms with E-state index in [1.165, 1.54) is 12.1 Å². The molecular formula is C27H23ClN6O4. The number of carbonyl (C=O) groups excluding carboxylic acids is 1. The summed E-state index contributed by atoms with van der Waals surface area (Å²) in [6.07, 6.45) is 0.100. The van der Waals surface area contributed by atoms with E-state index < -0.39 is 11.0 Å². The number of ether oxygens (including phenoxy) is 1. The van der Waals surface area contributed by atoms with Crippen LogP contribution in [-0.4, -0.2) is 37.9 Å². The third kappa shape index (κ3) is 4.98. The van der Waals surface area contributed by atoms with Crippen LogP contribution in [0.15, 0.2) is 71.7 Å². The lowest BCUT2D eigenvalue weighted by molar-refractivity contribution is -0.384. The van der Waals surface area contributed by atoms with Gasteiger partial charge >= 0.3 is 0 Å². The molecule has 0 fully saturated rings. The Morgan fingerprint density at radius 2 is 1.79 bits per heavy atom. The topological polar surface area (TPSA) is 125 Å². The van der Waals surface area contributed by atoms with E-state index in [4.69, 9.17) is 21.3 Å². The monoisotopic (exact) mass is 530 g/mol. The van der Waals surface area contributed by atoms with Gasteiger partial charge in [0.2, 0.25) is 5.91 Å². The minimum absolute atomic E-state index is 0.0230. The van der Waals surface area contributed by atoms with Gasteiger partial charge in [-0.15, -0.1) is 10.2 Å². The lowest BCUT2D eigenvalue weighted by Gasteiger charge is -2.15. The molecule has 0 spiro atoms. The number of nitrogens with one attached hydrogen (secondary N) is 1. The lowest BCUT2D eigenvalue weighted by Crippen LogP contribution is -2.25. The first-order valence-electron chi connectivity index (χ1n) is 11.9. The van der Waals surface area contributed by atoms with E-state index >= 15 is 0 Å². The van der Waals surface area contributed by atoms with Crippen LogP contribution in [0.2, 0.25) is 5.02 Å². The molecule has 1 amide bonds. The Kier molecular flexibility index (Phi) is 6.89. The molecule has 1 aliphatic heterocycles. The highest BCUT2D eigenvalue weighted by molar-refractivity contribution is 6.30. The first kappa shape index (κ1) is 25.1. The normalized spacial score (nSPS) is 14.1. The Morgan fingerprint density at radius 1 is 1.08 bits per heavy atom. The highest BCUT2D eigenvalue weighted by atomic mass is 35.5. The number of hydrogen-bond donors (Lipinski definition) is 1. The van der Waals surface area contributed by atoms with Crippen LogP contribution in [0.25, 0.3) is 5.69 Å². The van der Waals surface area contributed by atoms with E-state index in [1.807, 2.05) is 42.7 Å². The van der Waals surface area contributed by atoms with Crippen molar-refractivity contribution in [3.05, 3.63) is 105 Å². The third-order valence-corrected chi connectivity index (χ3v) is 6.30. The van der Waals surface area contributed by atoms with E-state index in [0.717, 1.165) is 16.8 Å². The number of amides is 1. The molecule has 1 aromatic heterocycles. The van der Waals surface area contributed by atoms with Crippen molar-refractivity contribution >= 4 is 28.9 Å². The van der Waals surface area contributed by atoms with Crippen molar-refractivity contribution in [2.75, 3.05) is 6.54 Å². The maximum absolute atomic E-state index is 12.6. The SMILES string of the molecule is CCNC(=O)C[C@@H]1N=C(c2ccc(Cl)cc2)c2cc(Oc3ccc([N+](=O)[O-])cc3)ccc2-n2c(C)nnc21. The smallest absolute Gasteiger partial charge is 0.269 e. The second-order valence-corrected chi connectivity index (χ2v) is 9.07. The second-order valence-electron chi connectivity index (χ2n) is 8.63. The van der Waals surface area contributed by atoms with Crippen LogP contribution in [0.1, 0.15) is 42.2 Å². The summed E-state index contributed by atoms with van der Waals surface area (Å²) in [6, 6.07) is 18.1. The number of aliphatic imine (C=N–C) groups is 1. The molecule has 0 saturated heterocycles. The van der Waals surface area contributed by atoms with E-state index in [9.17, 15) is 14.9 Å². The number of non-ortho nitro benzene ring substituents is 1. The fraction of sp³-hybridized carbons (Fsp3) is 0.185. The number of nitro groups is 1. The highest BCUT2D eigenvalue weighted by Gasteiger charge is 2.30. The molecule has 192 valence electrons. The molecule has 0 bridgehead atoms. The number of aromatic nitrogens is 3. The number of aryl methyl sites for hydroxylation is 1. The predicted molar refractivity (Wildman–Crippen MR) is 142 cm³/mol. The molecule has 2 heterocycles. The van der Waals surface area contributed by atoms with Gasteiger partial charge in [-0.3, -0.25) is 24.5 Å². The van der Waals surface area contributed by atoms with E-state index in [2.05, 4.69) is 15.5 Å². The van der Waals surface area contributed by atoms with Crippen LogP contribution in [0.3, 0.4) is 0 Å². The van der Waals surface area contributed by atoms with Crippen molar-refractivity contribution in [3.63, 3.8) is 0 Å². The highest BCUT2D eigenvalue weighted by Crippen LogP contribution is 2.35. The summed E-state index contributed by atoms with van der Waals surface area (Å²) < 4.78 is 7.95. The van der Waals surface area contributed by atoms with Gasteiger partial charge in [0.25, 0.3) is 5.69 Å². The maximum Gasteiger partial charge on any atom is 0.269 e. The van der Waals surface area contributed by atoms with Crippen molar-refractivity contribution in [2.45, 2.75) is 26.3 Å². The van der Waals surface area contributed by atoms with Crippen LogP contribution >= 0.6 is 11.6 Å². The van der Waals surface area contributed by atoms with Crippen molar-refractivity contribution in [2.24, 2.45) is 4.99 Å². The fourth-order valence-corrected chi connectivity index (χ4v) is 4.46. The van der Waals surface area contributed by atoms with Crippen LogP contribution in [-0.2, 0) is 4.79 Å². The molecular weight excluding hydrogens is 508 g/mol. The molecule has 38 heavy (non-hydrogen) atoms. The van der Waals surface area contributed by atoms with Gasteiger partial charge in [0.1, 0.15) is 23.4 Å². The summed E-state index contributed by atoms with van der Waals surface area (Å²) in [6.45, 7) is 4.22. The van der Waals surface area contributed by atoms with Crippen LogP contribution < -0.4 is 10.1 Å². The molecule has 0 unspecified atom stereocenters. The number of nitro benzene ring substituents is 1. The standard InChI is InChI=1S/C27H23ClN6O4/c1-3-29-25(35)15-23-27-32-31-16(2)33(27)24-13-12-21(38-20-10-8-19(9-11-20)34(36)37)14-22(24)26(30-23)17-4-6-18(28)7-5-17/h4-14,23H,3,15H2,1-2H3,(H,29,35)/t23-/m0/s1. The van der Waals surface area contributed by atoms with Gasteiger partial charge in [-0.05, 0) is 56.3 Å². The summed E-state index contributed by atoms with van der Waals surface area (Å²) in [7, 11) is 0. The number of hydrogen-bond acceptors (Lipinski definition) is 7. The maximum atomic E-state index is 12.6. The van der Waals surface area contributed by atoms with Crippen molar-refractivity contribution < 1.29 is 14.5 Å². The van der Waals surface area contributed by atoms with Crippen molar-refractivity contribution in [1.82, 2.24) is 20.1 Å². The van der Waals surface area contributed by atoms with Crippen molar-refractivity contribution in [1.29, 1.82) is 0 Å². The zero-order chi connectivity index (χ0) is 26.8. The van der Waals surface area contributed by atoms with Crippen LogP contribution in [0.5, 0.6) is 11.5 Å². The first-order chi connectivity index (χ1) is 18.3. The zero-order valence-corrected chi connectivity index (χ0v) is 21.3. The number of halogens is 1. The predicted octanol–water partition coefficient (Wildman–Crippen LogP) is 5.35. The van der Waals surface area contributed by atoms with E-state index in [-0.39, 0.29) is 18.0 Å². The van der Waals surface area contributed by atoms with Gasteiger partial charge in [-0.25, -0.2) is 0 Å². The van der Waals surface area contributed by atoms with Gasteiger partial charge in [-0.2, -0.15) is 0 Å². The number of fused-ring (bicyclic) bond motifs is 3. The molecule has 1 aliphatic rings. The third-order valence-electron chi connectivity index (χ3n) is 6.05. The number of benzene rings is 3. The molecule has 0 aliphatic carbocycles. The Labute approximate surface area is 223 Å². The molecule has 0 saturated carbocycles. The number of rotatable bonds is 7. The summed E-state index contributed by atoms with van der Waals surface area (Å²) >= 11 is 6.16. The molecule has 0 radical (unpaired) electrons. The Bertz CT molecular complexity index is 1550. The zero-order valence-electron chi connectivity index (χ0n) is 20.6. The van der Waals surface area contributed by atoms with Gasteiger partial charge in [-0.1, -0.05) is 23.7 Å². The molecule has 3 aromatic carbocycles. The summed E-state index contributed by atoms with van der Waals surface area (Å²) in [4.78, 5) is 28.2. The van der Waals surface area contributed by atoms with Crippen LogP contribution in [0, 0.1) is 17.0 Å². The first-order valence-corrected chi connectivity index (χ1v) is 12.3. The molecule has 11 heteroatoms. The number of nitrogens with zero attached hydrogens (tertiary/aromatic N) is 5. The minimum atomic E-state index is -0.583. The number of carbonyl (C=O) groups is 1. The largest absolute Gasteiger partial charge is 0.457 e. The van der Waals surface area contributed by atoms with Gasteiger partial charge in [0.05, 0.1) is 22.7 Å². The molecule has 4 aromatic rings. The average molecular weight is 531 g/mol. The average Bonchev–Trinajstić information content (AvgIpc) is 3.22. The lowest BCUT2D eigenvalue weighted by atomic mass is 10.00. The van der Waals surface area contributed by atoms with Gasteiger partial charge < -0.3 is 10.1 Å². The molecule has 5 rings (SSSR count). The summed E-state index contributed by atoms with van der Waals surface area (Å²) in [5.74, 6) is 2.02. The fourth-order valence-electron chi connectivity index (χ4n) is 4.33. The van der Waals surface area contributed by atoms with Gasteiger partial charge in [0.15, 0.2) is 5.82 Å². The van der Waals surface area contributed by atoms with Crippen LogP contribution in [0.4, 0.5) is 5.69 Å². The molecule has 1 atom stereocenters. The molecule has 1 N–H and O–H groups in total.